The van der Waals surface area contributed by atoms with Crippen molar-refractivity contribution in [2.45, 2.75) is 32.6 Å². The number of carboxylic acids is 2. The Morgan fingerprint density at radius 1 is 1.22 bits per heavy atom. The van der Waals surface area contributed by atoms with Crippen molar-refractivity contribution in [1.29, 1.82) is 0 Å². The van der Waals surface area contributed by atoms with Gasteiger partial charge >= 0.3 is 57.4 Å². The summed E-state index contributed by atoms with van der Waals surface area (Å²) in [5.41, 5.74) is 0. The van der Waals surface area contributed by atoms with E-state index in [1.807, 2.05) is 12.2 Å². The maximum Gasteiger partial charge on any atom is 1.00 e. The number of rotatable bonds is 10. The van der Waals surface area contributed by atoms with E-state index < -0.39 is 11.9 Å². The van der Waals surface area contributed by atoms with Gasteiger partial charge in [-0.2, -0.15) is 0 Å². The topological polar surface area (TPSA) is 80.7 Å². The van der Waals surface area contributed by atoms with E-state index in [2.05, 4.69) is 6.92 Å². The van der Waals surface area contributed by atoms with Gasteiger partial charge in [0.1, 0.15) is 0 Å². The van der Waals surface area contributed by atoms with E-state index in [9.17, 15) is 14.7 Å². The molecule has 0 radical (unpaired) electrons. The molecule has 0 bridgehead atoms. The van der Waals surface area contributed by atoms with Crippen LogP contribution in [0.25, 0.3) is 0 Å². The van der Waals surface area contributed by atoms with Gasteiger partial charge in [-0.15, -0.1) is 0 Å². The number of hydrogen-bond donors (Lipinski definition) is 1. The average molecular weight is 281 g/mol. The third-order valence-electron chi connectivity index (χ3n) is 2.22. The van der Waals surface area contributed by atoms with Gasteiger partial charge < -0.3 is 15.0 Å². The van der Waals surface area contributed by atoms with Crippen molar-refractivity contribution in [2.24, 2.45) is 0 Å². The summed E-state index contributed by atoms with van der Waals surface area (Å²) in [6, 6.07) is 0. The second-order valence-electron chi connectivity index (χ2n) is 3.90. The standard InChI is InChI=1S/C12H21NO4.K/c1-2-3-4-5-6-7-8-13(9-11(14)15)10-12(16)17;/h6-7H,2-5,8-10H2,1H3,(H,14,15)(H,16,17);/q;+1/p-1/b7-6+;. The fraction of sp³-hybridized carbons (Fsp3) is 0.667. The molecule has 0 aromatic rings. The minimum atomic E-state index is -1.26. The van der Waals surface area contributed by atoms with E-state index in [1.165, 1.54) is 11.3 Å². The largest absolute Gasteiger partial charge is 1.00 e. The molecule has 6 heteroatoms. The van der Waals surface area contributed by atoms with Gasteiger partial charge in [0.05, 0.1) is 12.5 Å². The molecule has 0 spiro atoms. The summed E-state index contributed by atoms with van der Waals surface area (Å²) >= 11 is 0. The summed E-state index contributed by atoms with van der Waals surface area (Å²) in [7, 11) is 0. The SMILES string of the molecule is CCCCC/C=C/CN(CC(=O)[O-])CC(=O)O.[K+]. The molecule has 98 valence electrons. The fourth-order valence-corrected chi connectivity index (χ4v) is 1.41. The summed E-state index contributed by atoms with van der Waals surface area (Å²) in [6.07, 6.45) is 8.14. The van der Waals surface area contributed by atoms with Crippen LogP contribution in [0, 0.1) is 0 Å². The number of hydrogen-bond acceptors (Lipinski definition) is 4. The molecule has 0 aromatic carbocycles. The van der Waals surface area contributed by atoms with Crippen LogP contribution < -0.4 is 56.5 Å². The van der Waals surface area contributed by atoms with Gasteiger partial charge in [0.2, 0.25) is 0 Å². The van der Waals surface area contributed by atoms with Crippen LogP contribution in [0.5, 0.6) is 0 Å². The van der Waals surface area contributed by atoms with Crippen molar-refractivity contribution >= 4 is 11.9 Å². The van der Waals surface area contributed by atoms with Crippen LogP contribution in [0.1, 0.15) is 32.6 Å². The second-order valence-corrected chi connectivity index (χ2v) is 3.90. The van der Waals surface area contributed by atoms with Crippen LogP contribution in [0.2, 0.25) is 0 Å². The molecule has 1 N–H and O–H groups in total. The molecule has 0 aromatic heterocycles. The number of nitrogens with zero attached hydrogens (tertiary/aromatic N) is 1. The molecular weight excluding hydrogens is 261 g/mol. The van der Waals surface area contributed by atoms with Gasteiger partial charge in [0.25, 0.3) is 0 Å². The number of unbranched alkanes of at least 4 members (excludes halogenated alkanes) is 3. The van der Waals surface area contributed by atoms with Crippen LogP contribution in [0.3, 0.4) is 0 Å². The van der Waals surface area contributed by atoms with E-state index in [4.69, 9.17) is 5.11 Å². The second kappa shape index (κ2) is 13.7. The number of carbonyl (C=O) groups excluding carboxylic acids is 1. The zero-order valence-electron chi connectivity index (χ0n) is 11.2. The molecule has 0 saturated heterocycles. The van der Waals surface area contributed by atoms with E-state index in [0.717, 1.165) is 19.3 Å². The average Bonchev–Trinajstić information content (AvgIpc) is 2.21. The molecule has 18 heavy (non-hydrogen) atoms. The van der Waals surface area contributed by atoms with Crippen LogP contribution in [-0.2, 0) is 9.59 Å². The maximum absolute atomic E-state index is 10.5. The van der Waals surface area contributed by atoms with Crippen molar-refractivity contribution < 1.29 is 71.2 Å². The van der Waals surface area contributed by atoms with Crippen molar-refractivity contribution in [3.05, 3.63) is 12.2 Å². The van der Waals surface area contributed by atoms with Crippen LogP contribution >= 0.6 is 0 Å². The van der Waals surface area contributed by atoms with Gasteiger partial charge in [-0.05, 0) is 12.8 Å². The Morgan fingerprint density at radius 3 is 2.39 bits per heavy atom. The predicted molar refractivity (Wildman–Crippen MR) is 62.4 cm³/mol. The van der Waals surface area contributed by atoms with Crippen LogP contribution in [0.15, 0.2) is 12.2 Å². The number of carbonyl (C=O) groups is 2. The fourth-order valence-electron chi connectivity index (χ4n) is 1.41. The summed E-state index contributed by atoms with van der Waals surface area (Å²) in [5.74, 6) is -2.30. The normalized spacial score (nSPS) is 10.6. The number of allylic oxidation sites excluding steroid dienone is 1. The molecule has 0 fully saturated rings. The van der Waals surface area contributed by atoms with Gasteiger partial charge in [0.15, 0.2) is 0 Å². The van der Waals surface area contributed by atoms with Gasteiger partial charge in [-0.3, -0.25) is 9.69 Å². The molecule has 0 aliphatic carbocycles. The number of carboxylic acid groups (broad SMARTS) is 2. The minimum absolute atomic E-state index is 0. The Hall–Kier alpha value is 0.276. The molecule has 0 amide bonds. The van der Waals surface area contributed by atoms with E-state index in [0.29, 0.717) is 6.54 Å². The van der Waals surface area contributed by atoms with E-state index in [-0.39, 0.29) is 64.5 Å². The van der Waals surface area contributed by atoms with Gasteiger partial charge in [-0.25, -0.2) is 0 Å². The Labute approximate surface area is 151 Å². The summed E-state index contributed by atoms with van der Waals surface area (Å²) in [4.78, 5) is 22.2. The molecule has 0 unspecified atom stereocenters. The first kappa shape index (κ1) is 20.6. The first-order valence-corrected chi connectivity index (χ1v) is 5.85. The van der Waals surface area contributed by atoms with Crippen molar-refractivity contribution in [3.63, 3.8) is 0 Å². The Balaban J connectivity index is 0. The molecule has 0 aliphatic heterocycles. The number of aliphatic carboxylic acids is 2. The summed E-state index contributed by atoms with van der Waals surface area (Å²) < 4.78 is 0. The Kier molecular flexibility index (Phi) is 15.7. The van der Waals surface area contributed by atoms with Gasteiger partial charge in [-0.1, -0.05) is 31.9 Å². The molecule has 0 aliphatic rings. The van der Waals surface area contributed by atoms with Crippen molar-refractivity contribution in [1.82, 2.24) is 4.90 Å². The Bertz CT molecular complexity index is 253. The van der Waals surface area contributed by atoms with E-state index in [1.54, 1.807) is 0 Å². The smallest absolute Gasteiger partial charge is 0.549 e. The predicted octanol–water partition coefficient (Wildman–Crippen LogP) is -2.74. The summed E-state index contributed by atoms with van der Waals surface area (Å²) in [5, 5.41) is 19.0. The zero-order valence-corrected chi connectivity index (χ0v) is 14.3. The third-order valence-corrected chi connectivity index (χ3v) is 2.22. The maximum atomic E-state index is 10.5. The molecule has 0 heterocycles. The van der Waals surface area contributed by atoms with Crippen molar-refractivity contribution in [3.8, 4) is 0 Å². The first-order valence-electron chi connectivity index (χ1n) is 5.85. The molecule has 0 rings (SSSR count). The summed E-state index contributed by atoms with van der Waals surface area (Å²) in [6.45, 7) is 1.81. The van der Waals surface area contributed by atoms with Crippen LogP contribution in [0.4, 0.5) is 0 Å². The molecule has 5 nitrogen and oxygen atoms in total. The third kappa shape index (κ3) is 14.3. The minimum Gasteiger partial charge on any atom is -0.549 e. The van der Waals surface area contributed by atoms with Gasteiger partial charge in [0, 0.05) is 13.1 Å². The molecule has 0 saturated carbocycles. The molecular formula is C12H20KNO4. The van der Waals surface area contributed by atoms with E-state index >= 15 is 0 Å². The van der Waals surface area contributed by atoms with Crippen molar-refractivity contribution in [2.75, 3.05) is 19.6 Å². The first-order chi connectivity index (χ1) is 8.06. The Morgan fingerprint density at radius 2 is 1.89 bits per heavy atom. The quantitative estimate of drug-likeness (QED) is 0.267. The zero-order chi connectivity index (χ0) is 13.1. The van der Waals surface area contributed by atoms with Crippen LogP contribution in [-0.4, -0.2) is 41.6 Å². The monoisotopic (exact) mass is 281 g/mol. The molecule has 0 atom stereocenters.